The number of nitrogens with zero attached hydrogens (tertiary/aromatic N) is 1. The van der Waals surface area contributed by atoms with Crippen molar-refractivity contribution in [3.63, 3.8) is 0 Å². The van der Waals surface area contributed by atoms with Gasteiger partial charge in [0, 0.05) is 24.6 Å². The summed E-state index contributed by atoms with van der Waals surface area (Å²) in [6.07, 6.45) is 1.15. The molecule has 0 aromatic carbocycles. The SMILES string of the molecule is CC(CCN(C)C)NCC(C)(C)CO. The fraction of sp³-hybridized carbons (Fsp3) is 1.00. The van der Waals surface area contributed by atoms with Gasteiger partial charge in [-0.25, -0.2) is 0 Å². The van der Waals surface area contributed by atoms with Crippen LogP contribution in [0.15, 0.2) is 0 Å². The Labute approximate surface area is 88.5 Å². The van der Waals surface area contributed by atoms with Gasteiger partial charge in [-0.1, -0.05) is 13.8 Å². The molecule has 0 heterocycles. The molecule has 0 bridgehead atoms. The quantitative estimate of drug-likeness (QED) is 0.645. The molecule has 2 N–H and O–H groups in total. The summed E-state index contributed by atoms with van der Waals surface area (Å²) in [5.74, 6) is 0. The molecular formula is C11H26N2O. The Hall–Kier alpha value is -0.120. The van der Waals surface area contributed by atoms with Gasteiger partial charge in [0.25, 0.3) is 0 Å². The predicted molar refractivity (Wildman–Crippen MR) is 61.5 cm³/mol. The number of rotatable bonds is 7. The second kappa shape index (κ2) is 6.38. The van der Waals surface area contributed by atoms with Crippen molar-refractivity contribution in [2.24, 2.45) is 5.41 Å². The molecule has 0 aromatic heterocycles. The summed E-state index contributed by atoms with van der Waals surface area (Å²) in [5, 5.41) is 12.5. The van der Waals surface area contributed by atoms with Crippen LogP contribution >= 0.6 is 0 Å². The molecule has 1 unspecified atom stereocenters. The van der Waals surface area contributed by atoms with E-state index >= 15 is 0 Å². The van der Waals surface area contributed by atoms with Crippen LogP contribution in [0.25, 0.3) is 0 Å². The van der Waals surface area contributed by atoms with Crippen LogP contribution in [0, 0.1) is 5.41 Å². The fourth-order valence-corrected chi connectivity index (χ4v) is 1.06. The molecule has 0 aliphatic carbocycles. The van der Waals surface area contributed by atoms with E-state index in [0.717, 1.165) is 19.5 Å². The lowest BCUT2D eigenvalue weighted by Crippen LogP contribution is -2.38. The molecule has 0 aliphatic rings. The van der Waals surface area contributed by atoms with E-state index in [-0.39, 0.29) is 12.0 Å². The Balaban J connectivity index is 3.58. The topological polar surface area (TPSA) is 35.5 Å². The molecule has 0 saturated carbocycles. The number of aliphatic hydroxyl groups excluding tert-OH is 1. The Morgan fingerprint density at radius 2 is 1.93 bits per heavy atom. The summed E-state index contributed by atoms with van der Waals surface area (Å²) < 4.78 is 0. The maximum absolute atomic E-state index is 9.08. The van der Waals surface area contributed by atoms with E-state index in [9.17, 15) is 0 Å². The average molecular weight is 202 g/mol. The zero-order chi connectivity index (χ0) is 11.2. The molecule has 0 aliphatic heterocycles. The highest BCUT2D eigenvalue weighted by molar-refractivity contribution is 4.73. The van der Waals surface area contributed by atoms with Crippen molar-refractivity contribution in [2.45, 2.75) is 33.2 Å². The standard InChI is InChI=1S/C11H26N2O/c1-10(6-7-13(4)5)12-8-11(2,3)9-14/h10,12,14H,6-9H2,1-5H3. The molecule has 86 valence electrons. The summed E-state index contributed by atoms with van der Waals surface area (Å²) in [5.41, 5.74) is -0.00756. The summed E-state index contributed by atoms with van der Waals surface area (Å²) in [6.45, 7) is 8.54. The highest BCUT2D eigenvalue weighted by Crippen LogP contribution is 2.11. The highest BCUT2D eigenvalue weighted by atomic mass is 16.3. The molecule has 1 atom stereocenters. The van der Waals surface area contributed by atoms with Crippen LogP contribution in [-0.4, -0.2) is 49.8 Å². The lowest BCUT2D eigenvalue weighted by atomic mass is 9.94. The molecular weight excluding hydrogens is 176 g/mol. The molecule has 0 saturated heterocycles. The van der Waals surface area contributed by atoms with Crippen LogP contribution in [0.3, 0.4) is 0 Å². The molecule has 3 nitrogen and oxygen atoms in total. The van der Waals surface area contributed by atoms with Crippen LogP contribution in [0.2, 0.25) is 0 Å². The zero-order valence-corrected chi connectivity index (χ0v) is 10.3. The van der Waals surface area contributed by atoms with E-state index in [1.54, 1.807) is 0 Å². The van der Waals surface area contributed by atoms with Gasteiger partial charge in [-0.2, -0.15) is 0 Å². The van der Waals surface area contributed by atoms with Crippen molar-refractivity contribution >= 4 is 0 Å². The maximum atomic E-state index is 9.08. The lowest BCUT2D eigenvalue weighted by molar-refractivity contribution is 0.152. The molecule has 0 fully saturated rings. The van der Waals surface area contributed by atoms with Crippen molar-refractivity contribution in [3.05, 3.63) is 0 Å². The van der Waals surface area contributed by atoms with Crippen molar-refractivity contribution in [1.82, 2.24) is 10.2 Å². The summed E-state index contributed by atoms with van der Waals surface area (Å²) in [7, 11) is 4.18. The van der Waals surface area contributed by atoms with Gasteiger partial charge < -0.3 is 15.3 Å². The Morgan fingerprint density at radius 3 is 2.36 bits per heavy atom. The van der Waals surface area contributed by atoms with Crippen LogP contribution in [0.4, 0.5) is 0 Å². The first-order valence-corrected chi connectivity index (χ1v) is 5.36. The third-order valence-electron chi connectivity index (χ3n) is 2.37. The second-order valence-corrected chi connectivity index (χ2v) is 5.20. The van der Waals surface area contributed by atoms with Crippen molar-refractivity contribution in [3.8, 4) is 0 Å². The van der Waals surface area contributed by atoms with E-state index in [0.29, 0.717) is 6.04 Å². The fourth-order valence-electron chi connectivity index (χ4n) is 1.06. The zero-order valence-electron chi connectivity index (χ0n) is 10.3. The average Bonchev–Trinajstić information content (AvgIpc) is 2.11. The van der Waals surface area contributed by atoms with Gasteiger partial charge >= 0.3 is 0 Å². The Bertz CT molecular complexity index is 146. The minimum Gasteiger partial charge on any atom is -0.396 e. The van der Waals surface area contributed by atoms with Crippen LogP contribution in [0.1, 0.15) is 27.2 Å². The minimum absolute atomic E-state index is 0.00756. The first-order chi connectivity index (χ1) is 6.37. The molecule has 0 rings (SSSR count). The van der Waals surface area contributed by atoms with E-state index in [1.807, 2.05) is 0 Å². The van der Waals surface area contributed by atoms with Crippen LogP contribution < -0.4 is 5.32 Å². The van der Waals surface area contributed by atoms with E-state index in [1.165, 1.54) is 0 Å². The summed E-state index contributed by atoms with van der Waals surface area (Å²) in [6, 6.07) is 0.517. The van der Waals surface area contributed by atoms with Gasteiger partial charge in [0.15, 0.2) is 0 Å². The molecule has 3 heteroatoms. The Morgan fingerprint density at radius 1 is 1.36 bits per heavy atom. The van der Waals surface area contributed by atoms with Crippen LogP contribution in [-0.2, 0) is 0 Å². The first-order valence-electron chi connectivity index (χ1n) is 5.36. The minimum atomic E-state index is -0.00756. The van der Waals surface area contributed by atoms with Gasteiger partial charge in [0.2, 0.25) is 0 Å². The third-order valence-corrected chi connectivity index (χ3v) is 2.37. The highest BCUT2D eigenvalue weighted by Gasteiger charge is 2.16. The molecule has 0 radical (unpaired) electrons. The van der Waals surface area contributed by atoms with Crippen molar-refractivity contribution < 1.29 is 5.11 Å². The molecule has 0 amide bonds. The maximum Gasteiger partial charge on any atom is 0.0494 e. The normalized spacial score (nSPS) is 14.8. The summed E-state index contributed by atoms with van der Waals surface area (Å²) >= 11 is 0. The number of nitrogens with one attached hydrogen (secondary N) is 1. The number of hydrogen-bond donors (Lipinski definition) is 2. The monoisotopic (exact) mass is 202 g/mol. The van der Waals surface area contributed by atoms with Gasteiger partial charge in [0.05, 0.1) is 0 Å². The van der Waals surface area contributed by atoms with E-state index < -0.39 is 0 Å². The van der Waals surface area contributed by atoms with Gasteiger partial charge in [-0.15, -0.1) is 0 Å². The van der Waals surface area contributed by atoms with Crippen LogP contribution in [0.5, 0.6) is 0 Å². The van der Waals surface area contributed by atoms with Gasteiger partial charge in [0.1, 0.15) is 0 Å². The molecule has 14 heavy (non-hydrogen) atoms. The number of aliphatic hydroxyl groups is 1. The third kappa shape index (κ3) is 7.30. The lowest BCUT2D eigenvalue weighted by Gasteiger charge is -2.25. The number of hydrogen-bond acceptors (Lipinski definition) is 3. The Kier molecular flexibility index (Phi) is 6.33. The largest absolute Gasteiger partial charge is 0.396 e. The summed E-state index contributed by atoms with van der Waals surface area (Å²) in [4.78, 5) is 2.19. The second-order valence-electron chi connectivity index (χ2n) is 5.20. The first kappa shape index (κ1) is 13.9. The predicted octanol–water partition coefficient (Wildman–Crippen LogP) is 0.935. The van der Waals surface area contributed by atoms with Gasteiger partial charge in [-0.3, -0.25) is 0 Å². The van der Waals surface area contributed by atoms with E-state index in [4.69, 9.17) is 5.11 Å². The van der Waals surface area contributed by atoms with Gasteiger partial charge in [-0.05, 0) is 34.0 Å². The smallest absolute Gasteiger partial charge is 0.0494 e. The molecule has 0 aromatic rings. The molecule has 0 spiro atoms. The van der Waals surface area contributed by atoms with Crippen molar-refractivity contribution in [1.29, 1.82) is 0 Å². The van der Waals surface area contributed by atoms with E-state index in [2.05, 4.69) is 45.1 Å². The van der Waals surface area contributed by atoms with Crippen molar-refractivity contribution in [2.75, 3.05) is 33.8 Å².